The Morgan fingerprint density at radius 3 is 1.57 bits per heavy atom. The van der Waals surface area contributed by atoms with Crippen molar-refractivity contribution in [1.29, 1.82) is 0 Å². The van der Waals surface area contributed by atoms with Crippen LogP contribution in [-0.4, -0.2) is 60.5 Å². The molecule has 0 aromatic carbocycles. The van der Waals surface area contributed by atoms with Crippen molar-refractivity contribution in [3.63, 3.8) is 0 Å². The van der Waals surface area contributed by atoms with Gasteiger partial charge in [-0.15, -0.1) is 0 Å². The van der Waals surface area contributed by atoms with Crippen LogP contribution in [0, 0.1) is 0 Å². The predicted molar refractivity (Wildman–Crippen MR) is 230 cm³/mol. The zero-order valence-corrected chi connectivity index (χ0v) is 36.4. The smallest absolute Gasteiger partial charge is 0.462 e. The summed E-state index contributed by atoms with van der Waals surface area (Å²) in [5.41, 5.74) is 5.34. The van der Waals surface area contributed by atoms with E-state index in [-0.39, 0.29) is 38.7 Å². The van der Waals surface area contributed by atoms with Crippen LogP contribution >= 0.6 is 7.82 Å². The van der Waals surface area contributed by atoms with E-state index in [2.05, 4.69) is 49.5 Å². The van der Waals surface area contributed by atoms with E-state index in [1.54, 1.807) is 0 Å². The van der Waals surface area contributed by atoms with Gasteiger partial charge in [0.1, 0.15) is 6.61 Å². The number of phosphoric acid groups is 1. The fourth-order valence-corrected chi connectivity index (χ4v) is 6.67. The van der Waals surface area contributed by atoms with E-state index in [1.807, 2.05) is 13.0 Å². The summed E-state index contributed by atoms with van der Waals surface area (Å²) in [4.78, 5) is 34.9. The van der Waals surface area contributed by atoms with Crippen LogP contribution in [0.4, 0.5) is 0 Å². The predicted octanol–water partition coefficient (Wildman–Crippen LogP) is 11.7. The lowest BCUT2D eigenvalue weighted by Gasteiger charge is -2.19. The molecule has 0 amide bonds. The van der Waals surface area contributed by atoms with E-state index in [1.165, 1.54) is 89.9 Å². The second kappa shape index (κ2) is 41.1. The number of esters is 2. The Hall–Kier alpha value is -2.07. The van der Waals surface area contributed by atoms with Crippen LogP contribution in [-0.2, 0) is 32.7 Å². The number of hydrogen-bond donors (Lipinski definition) is 3. The van der Waals surface area contributed by atoms with Gasteiger partial charge < -0.3 is 25.2 Å². The number of aliphatic hydroxyl groups is 1. The first-order chi connectivity index (χ1) is 27.2. The first kappa shape index (κ1) is 53.9. The monoisotopic (exact) mass is 812 g/mol. The molecule has 0 aromatic rings. The molecule has 0 rings (SSSR count). The Morgan fingerprint density at radius 2 is 1.07 bits per heavy atom. The number of carbonyl (C=O) groups excluding carboxylic acids is 2. The Kier molecular flexibility index (Phi) is 39.6. The molecular weight excluding hydrogens is 729 g/mol. The average molecular weight is 812 g/mol. The molecule has 0 aromatic heterocycles. The molecule has 4 N–H and O–H groups in total. The van der Waals surface area contributed by atoms with Crippen LogP contribution in [0.5, 0.6) is 0 Å². The summed E-state index contributed by atoms with van der Waals surface area (Å²) in [6, 6.07) is 0. The van der Waals surface area contributed by atoms with Gasteiger partial charge >= 0.3 is 19.8 Å². The fraction of sp³-hybridized carbons (Fsp3) is 0.778. The minimum atomic E-state index is -4.40. The van der Waals surface area contributed by atoms with E-state index in [4.69, 9.17) is 24.3 Å². The average Bonchev–Trinajstić information content (AvgIpc) is 3.18. The summed E-state index contributed by atoms with van der Waals surface area (Å²) in [5.74, 6) is -0.909. The largest absolute Gasteiger partial charge is 0.472 e. The van der Waals surface area contributed by atoms with Crippen molar-refractivity contribution in [3.8, 4) is 0 Å². The van der Waals surface area contributed by atoms with Crippen LogP contribution in [0.1, 0.15) is 187 Å². The Morgan fingerprint density at radius 1 is 0.607 bits per heavy atom. The van der Waals surface area contributed by atoms with E-state index >= 15 is 0 Å². The quantitative estimate of drug-likeness (QED) is 0.0235. The van der Waals surface area contributed by atoms with Crippen molar-refractivity contribution in [2.45, 2.75) is 199 Å². The van der Waals surface area contributed by atoms with Gasteiger partial charge in [-0.3, -0.25) is 18.6 Å². The Balaban J connectivity index is 4.23. The third-order valence-corrected chi connectivity index (χ3v) is 10.4. The molecule has 0 bridgehead atoms. The molecule has 56 heavy (non-hydrogen) atoms. The van der Waals surface area contributed by atoms with Crippen LogP contribution in [0.15, 0.2) is 48.6 Å². The van der Waals surface area contributed by atoms with Gasteiger partial charge in [0.2, 0.25) is 0 Å². The summed E-state index contributed by atoms with van der Waals surface area (Å²) in [7, 11) is -4.40. The van der Waals surface area contributed by atoms with Crippen LogP contribution in [0.2, 0.25) is 0 Å². The zero-order valence-electron chi connectivity index (χ0n) is 35.5. The van der Waals surface area contributed by atoms with E-state index < -0.39 is 32.5 Å². The van der Waals surface area contributed by atoms with Crippen LogP contribution < -0.4 is 5.73 Å². The molecule has 326 valence electrons. The van der Waals surface area contributed by atoms with Gasteiger partial charge in [-0.1, -0.05) is 165 Å². The molecule has 0 saturated heterocycles. The van der Waals surface area contributed by atoms with Gasteiger partial charge in [-0.05, 0) is 57.8 Å². The number of aliphatic hydroxyl groups excluding tert-OH is 1. The first-order valence-corrected chi connectivity index (χ1v) is 23.7. The third-order valence-electron chi connectivity index (χ3n) is 9.38. The molecule has 10 nitrogen and oxygen atoms in total. The van der Waals surface area contributed by atoms with Crippen LogP contribution in [0.25, 0.3) is 0 Å². The number of rotatable bonds is 41. The fourth-order valence-electron chi connectivity index (χ4n) is 5.90. The molecule has 0 spiro atoms. The summed E-state index contributed by atoms with van der Waals surface area (Å²) < 4.78 is 32.7. The number of allylic oxidation sites excluding steroid dienone is 8. The van der Waals surface area contributed by atoms with Crippen molar-refractivity contribution in [2.75, 3.05) is 26.4 Å². The summed E-state index contributed by atoms with van der Waals surface area (Å²) in [6.07, 6.45) is 43.8. The maximum Gasteiger partial charge on any atom is 0.472 e. The number of carbonyl (C=O) groups is 2. The lowest BCUT2D eigenvalue weighted by Crippen LogP contribution is -2.29. The molecule has 3 atom stereocenters. The second-order valence-corrected chi connectivity index (χ2v) is 16.2. The number of hydrogen-bond acceptors (Lipinski definition) is 9. The maximum absolute atomic E-state index is 12.6. The molecule has 0 aliphatic rings. The van der Waals surface area contributed by atoms with Gasteiger partial charge in [-0.25, -0.2) is 4.57 Å². The lowest BCUT2D eigenvalue weighted by atomic mass is 10.0. The molecule has 0 fully saturated rings. The van der Waals surface area contributed by atoms with Gasteiger partial charge in [-0.2, -0.15) is 0 Å². The SMILES string of the molecule is CCCCCCCCCCCCCCCCCCCC(=O)OC[C@H](COP(=O)(O)OCCN)OC(=O)CCC/C=C\C/C=C\C/C=C\C/C=C\CC[C@H](O)CC. The highest BCUT2D eigenvalue weighted by molar-refractivity contribution is 7.47. The van der Waals surface area contributed by atoms with Gasteiger partial charge in [0.25, 0.3) is 0 Å². The Bertz CT molecular complexity index is 1080. The number of nitrogens with two attached hydrogens (primary N) is 1. The van der Waals surface area contributed by atoms with E-state index in [0.29, 0.717) is 12.8 Å². The standard InChI is InChI=1S/C45H82NO9P/c1-3-5-6-7-8-9-10-11-12-13-14-18-21-24-27-30-33-36-44(48)52-40-43(41-54-56(50,51)53-39-38-46)55-45(49)37-34-31-28-25-22-19-16-15-17-20-23-26-29-32-35-42(47)4-2/h16-17,19-20,25-26,28-29,42-43,47H,3-15,18,21-24,27,30-41,46H2,1-2H3,(H,50,51)/b19-16-,20-17-,28-25-,29-26-/t42-,43-/m1/s1. The third kappa shape index (κ3) is 40.1. The second-order valence-electron chi connectivity index (χ2n) is 14.7. The van der Waals surface area contributed by atoms with Crippen LogP contribution in [0.3, 0.4) is 0 Å². The minimum absolute atomic E-state index is 0.0385. The first-order valence-electron chi connectivity index (χ1n) is 22.2. The summed E-state index contributed by atoms with van der Waals surface area (Å²) in [5, 5.41) is 9.56. The maximum atomic E-state index is 12.6. The lowest BCUT2D eigenvalue weighted by molar-refractivity contribution is -0.161. The molecule has 1 unspecified atom stereocenters. The van der Waals surface area contributed by atoms with Crippen molar-refractivity contribution in [3.05, 3.63) is 48.6 Å². The molecule has 0 saturated carbocycles. The van der Waals surface area contributed by atoms with Gasteiger partial charge in [0.15, 0.2) is 6.10 Å². The highest BCUT2D eigenvalue weighted by Crippen LogP contribution is 2.43. The normalized spacial score (nSPS) is 14.3. The molecular formula is C45H82NO9P. The van der Waals surface area contributed by atoms with E-state index in [9.17, 15) is 24.2 Å². The molecule has 0 heterocycles. The van der Waals surface area contributed by atoms with Crippen molar-refractivity contribution in [2.24, 2.45) is 5.73 Å². The Labute approximate surface area is 341 Å². The van der Waals surface area contributed by atoms with Crippen molar-refractivity contribution >= 4 is 19.8 Å². The van der Waals surface area contributed by atoms with Gasteiger partial charge in [0.05, 0.1) is 19.3 Å². The molecule has 0 aliphatic heterocycles. The van der Waals surface area contributed by atoms with Crippen molar-refractivity contribution < 1.29 is 42.7 Å². The minimum Gasteiger partial charge on any atom is -0.462 e. The zero-order chi connectivity index (χ0) is 41.2. The summed E-state index contributed by atoms with van der Waals surface area (Å²) in [6.45, 7) is 3.39. The molecule has 0 aliphatic carbocycles. The topological polar surface area (TPSA) is 155 Å². The number of phosphoric ester groups is 1. The highest BCUT2D eigenvalue weighted by atomic mass is 31.2. The summed E-state index contributed by atoms with van der Waals surface area (Å²) >= 11 is 0. The van der Waals surface area contributed by atoms with Crippen molar-refractivity contribution in [1.82, 2.24) is 0 Å². The molecule has 0 radical (unpaired) electrons. The highest BCUT2D eigenvalue weighted by Gasteiger charge is 2.26. The molecule has 11 heteroatoms. The van der Waals surface area contributed by atoms with Gasteiger partial charge in [0, 0.05) is 19.4 Å². The van der Waals surface area contributed by atoms with E-state index in [0.717, 1.165) is 57.8 Å². The number of ether oxygens (including phenoxy) is 2. The number of unbranched alkanes of at least 4 members (excludes halogenated alkanes) is 17.